The van der Waals surface area contributed by atoms with E-state index in [1.165, 1.54) is 7.11 Å². The van der Waals surface area contributed by atoms with Crippen molar-refractivity contribution in [3.8, 4) is 0 Å². The fourth-order valence-corrected chi connectivity index (χ4v) is 1.41. The Morgan fingerprint density at radius 1 is 1.31 bits per heavy atom. The van der Waals surface area contributed by atoms with Crippen molar-refractivity contribution in [3.63, 3.8) is 0 Å². The van der Waals surface area contributed by atoms with Gasteiger partial charge in [-0.05, 0) is 23.3 Å². The van der Waals surface area contributed by atoms with Gasteiger partial charge in [0, 0.05) is 6.21 Å². The molecule has 0 radical (unpaired) electrons. The summed E-state index contributed by atoms with van der Waals surface area (Å²) >= 11 is 0. The molecule has 0 unspecified atom stereocenters. The first-order chi connectivity index (χ1) is 7.79. The van der Waals surface area contributed by atoms with Crippen LogP contribution in [0.4, 0.5) is 0 Å². The van der Waals surface area contributed by atoms with Gasteiger partial charge in [0.05, 0.1) is 7.11 Å². The maximum atomic E-state index is 11.2. The lowest BCUT2D eigenvalue weighted by atomic mass is 10.1. The molecule has 0 atom stereocenters. The molecule has 1 heterocycles. The molecule has 1 aliphatic heterocycles. The minimum atomic E-state index is -0.410. The normalized spacial score (nSPS) is 16.3. The molecule has 0 aliphatic carbocycles. The molecule has 2 rings (SSSR count). The van der Waals surface area contributed by atoms with Gasteiger partial charge in [0.1, 0.15) is 5.70 Å². The van der Waals surface area contributed by atoms with E-state index in [9.17, 15) is 4.79 Å². The maximum Gasteiger partial charge on any atom is 0.356 e. The van der Waals surface area contributed by atoms with Crippen LogP contribution in [0.5, 0.6) is 0 Å². The van der Waals surface area contributed by atoms with Gasteiger partial charge >= 0.3 is 5.97 Å². The van der Waals surface area contributed by atoms with Crippen molar-refractivity contribution >= 4 is 18.3 Å². The minimum Gasteiger partial charge on any atom is -0.464 e. The maximum absolute atomic E-state index is 11.2. The first kappa shape index (κ1) is 10.4. The molecule has 3 nitrogen and oxygen atoms in total. The SMILES string of the molecule is COC(=O)C1=C/C(=C/c2ccccc2)C=N1. The zero-order valence-electron chi connectivity index (χ0n) is 8.88. The molecule has 0 bridgehead atoms. The minimum absolute atomic E-state index is 0.338. The fraction of sp³-hybridized carbons (Fsp3) is 0.0769. The summed E-state index contributed by atoms with van der Waals surface area (Å²) in [7, 11) is 1.34. The van der Waals surface area contributed by atoms with E-state index in [2.05, 4.69) is 9.73 Å². The number of hydrogen-bond acceptors (Lipinski definition) is 3. The number of aliphatic imine (C=N–C) groups is 1. The molecule has 1 aliphatic rings. The van der Waals surface area contributed by atoms with Crippen LogP contribution in [0, 0.1) is 0 Å². The van der Waals surface area contributed by atoms with Crippen molar-refractivity contribution in [2.24, 2.45) is 4.99 Å². The van der Waals surface area contributed by atoms with Crippen LogP contribution in [0.15, 0.2) is 52.7 Å². The van der Waals surface area contributed by atoms with Crippen molar-refractivity contribution in [2.75, 3.05) is 7.11 Å². The number of rotatable bonds is 2. The van der Waals surface area contributed by atoms with Crippen LogP contribution in [0.3, 0.4) is 0 Å². The standard InChI is InChI=1S/C13H11NO2/c1-16-13(15)12-8-11(9-14-12)7-10-5-3-2-4-6-10/h2-9H,1H3/b11-7-. The lowest BCUT2D eigenvalue weighted by molar-refractivity contribution is -0.136. The highest BCUT2D eigenvalue weighted by atomic mass is 16.5. The van der Waals surface area contributed by atoms with E-state index in [1.807, 2.05) is 36.4 Å². The van der Waals surface area contributed by atoms with E-state index in [1.54, 1.807) is 12.3 Å². The summed E-state index contributed by atoms with van der Waals surface area (Å²) in [5, 5.41) is 0. The predicted molar refractivity (Wildman–Crippen MR) is 63.0 cm³/mol. The third kappa shape index (κ3) is 2.25. The predicted octanol–water partition coefficient (Wildman–Crippen LogP) is 2.21. The van der Waals surface area contributed by atoms with Gasteiger partial charge in [-0.1, -0.05) is 30.3 Å². The molecule has 3 heteroatoms. The lowest BCUT2D eigenvalue weighted by Gasteiger charge is -1.93. The molecule has 0 N–H and O–H groups in total. The highest BCUT2D eigenvalue weighted by Crippen LogP contribution is 2.15. The largest absolute Gasteiger partial charge is 0.464 e. The second-order valence-corrected chi connectivity index (χ2v) is 3.33. The number of ether oxygens (including phenoxy) is 1. The molecular formula is C13H11NO2. The molecule has 0 saturated heterocycles. The average Bonchev–Trinajstić information content (AvgIpc) is 2.78. The van der Waals surface area contributed by atoms with E-state index >= 15 is 0 Å². The topological polar surface area (TPSA) is 38.7 Å². The van der Waals surface area contributed by atoms with Gasteiger partial charge in [0.25, 0.3) is 0 Å². The lowest BCUT2D eigenvalue weighted by Crippen LogP contribution is -2.00. The number of carbonyl (C=O) groups is 1. The van der Waals surface area contributed by atoms with Crippen LogP contribution in [-0.4, -0.2) is 19.3 Å². The molecule has 1 aromatic rings. The van der Waals surface area contributed by atoms with Crippen molar-refractivity contribution in [1.29, 1.82) is 0 Å². The fourth-order valence-electron chi connectivity index (χ4n) is 1.41. The molecule has 80 valence electrons. The highest BCUT2D eigenvalue weighted by Gasteiger charge is 2.12. The summed E-state index contributed by atoms with van der Waals surface area (Å²) < 4.78 is 4.58. The summed E-state index contributed by atoms with van der Waals surface area (Å²) in [4.78, 5) is 15.2. The van der Waals surface area contributed by atoms with Crippen LogP contribution in [0.25, 0.3) is 6.08 Å². The monoisotopic (exact) mass is 213 g/mol. The Morgan fingerprint density at radius 3 is 2.75 bits per heavy atom. The zero-order chi connectivity index (χ0) is 11.4. The molecule has 0 saturated carbocycles. The first-order valence-corrected chi connectivity index (χ1v) is 4.90. The van der Waals surface area contributed by atoms with Crippen LogP contribution in [-0.2, 0) is 9.53 Å². The van der Waals surface area contributed by atoms with E-state index in [4.69, 9.17) is 0 Å². The summed E-state index contributed by atoms with van der Waals surface area (Å²) in [6.45, 7) is 0. The molecule has 1 aromatic carbocycles. The van der Waals surface area contributed by atoms with Gasteiger partial charge in [-0.3, -0.25) is 0 Å². The van der Waals surface area contributed by atoms with Crippen molar-refractivity contribution in [2.45, 2.75) is 0 Å². The Balaban J connectivity index is 2.21. The molecule has 0 spiro atoms. The molecule has 0 aromatic heterocycles. The zero-order valence-corrected chi connectivity index (χ0v) is 8.88. The number of allylic oxidation sites excluding steroid dienone is 2. The van der Waals surface area contributed by atoms with Gasteiger partial charge in [0.15, 0.2) is 0 Å². The second-order valence-electron chi connectivity index (χ2n) is 3.33. The summed E-state index contributed by atoms with van der Waals surface area (Å²) in [5.41, 5.74) is 2.31. The van der Waals surface area contributed by atoms with Gasteiger partial charge in [-0.2, -0.15) is 0 Å². The Kier molecular flexibility index (Phi) is 2.96. The van der Waals surface area contributed by atoms with Crippen molar-refractivity contribution in [1.82, 2.24) is 0 Å². The van der Waals surface area contributed by atoms with Gasteiger partial charge in [0.2, 0.25) is 0 Å². The van der Waals surface area contributed by atoms with E-state index < -0.39 is 5.97 Å². The van der Waals surface area contributed by atoms with Gasteiger partial charge in [-0.25, -0.2) is 9.79 Å². The van der Waals surface area contributed by atoms with Crippen LogP contribution < -0.4 is 0 Å². The number of nitrogens with zero attached hydrogens (tertiary/aromatic N) is 1. The molecule has 0 fully saturated rings. The number of methoxy groups -OCH3 is 1. The molecule has 0 amide bonds. The Morgan fingerprint density at radius 2 is 2.06 bits per heavy atom. The van der Waals surface area contributed by atoms with Crippen LogP contribution >= 0.6 is 0 Å². The van der Waals surface area contributed by atoms with Crippen molar-refractivity contribution in [3.05, 3.63) is 53.2 Å². The van der Waals surface area contributed by atoms with E-state index in [0.29, 0.717) is 5.70 Å². The Bertz CT molecular complexity index is 484. The van der Waals surface area contributed by atoms with Gasteiger partial charge in [-0.15, -0.1) is 0 Å². The van der Waals surface area contributed by atoms with Crippen LogP contribution in [0.2, 0.25) is 0 Å². The Labute approximate surface area is 93.8 Å². The molecule has 16 heavy (non-hydrogen) atoms. The third-order valence-corrected chi connectivity index (χ3v) is 2.18. The number of hydrogen-bond donors (Lipinski definition) is 0. The third-order valence-electron chi connectivity index (χ3n) is 2.18. The van der Waals surface area contributed by atoms with E-state index in [-0.39, 0.29) is 0 Å². The average molecular weight is 213 g/mol. The van der Waals surface area contributed by atoms with Crippen molar-refractivity contribution < 1.29 is 9.53 Å². The highest BCUT2D eigenvalue weighted by molar-refractivity contribution is 6.01. The number of esters is 1. The quantitative estimate of drug-likeness (QED) is 0.706. The smallest absolute Gasteiger partial charge is 0.356 e. The molecular weight excluding hydrogens is 202 g/mol. The second kappa shape index (κ2) is 4.57. The summed E-state index contributed by atoms with van der Waals surface area (Å²) in [6.07, 6.45) is 5.32. The summed E-state index contributed by atoms with van der Waals surface area (Å²) in [6, 6.07) is 9.86. The van der Waals surface area contributed by atoms with Crippen LogP contribution in [0.1, 0.15) is 5.56 Å². The number of benzene rings is 1. The Hall–Kier alpha value is -2.16. The van der Waals surface area contributed by atoms with Gasteiger partial charge < -0.3 is 4.74 Å². The summed E-state index contributed by atoms with van der Waals surface area (Å²) in [5.74, 6) is -0.410. The number of carbonyl (C=O) groups excluding carboxylic acids is 1. The van der Waals surface area contributed by atoms with E-state index in [0.717, 1.165) is 11.1 Å². The first-order valence-electron chi connectivity index (χ1n) is 4.90.